The van der Waals surface area contributed by atoms with Crippen LogP contribution < -0.4 is 5.43 Å². The molecule has 0 saturated heterocycles. The fourth-order valence-electron chi connectivity index (χ4n) is 1.79. The largest absolute Gasteiger partial charge is 0.464 e. The van der Waals surface area contributed by atoms with E-state index in [1.54, 1.807) is 6.07 Å². The van der Waals surface area contributed by atoms with E-state index in [1.807, 2.05) is 0 Å². The van der Waals surface area contributed by atoms with Crippen LogP contribution >= 0.6 is 31.9 Å². The zero-order chi connectivity index (χ0) is 16.4. The maximum atomic E-state index is 14.0. The van der Waals surface area contributed by atoms with Crippen LogP contribution in [0.5, 0.6) is 0 Å². The van der Waals surface area contributed by atoms with Crippen LogP contribution in [0.4, 0.5) is 10.1 Å². The molecule has 1 atom stereocenters. The van der Waals surface area contributed by atoms with Crippen molar-refractivity contribution in [2.75, 3.05) is 19.6 Å². The number of halogens is 3. The Kier molecular flexibility index (Phi) is 5.07. The van der Waals surface area contributed by atoms with Crippen molar-refractivity contribution in [3.63, 3.8) is 0 Å². The van der Waals surface area contributed by atoms with Crippen molar-refractivity contribution < 1.29 is 18.7 Å². The Hall–Kier alpha value is -1.61. The third-order valence-electron chi connectivity index (χ3n) is 2.92. The predicted octanol–water partition coefficient (Wildman–Crippen LogP) is 2.42. The Balaban J connectivity index is 2.38. The maximum absolute atomic E-state index is 14.0. The summed E-state index contributed by atoms with van der Waals surface area (Å²) in [5.41, 5.74) is 2.89. The fourth-order valence-corrected chi connectivity index (χ4v) is 2.77. The zero-order valence-electron chi connectivity index (χ0n) is 11.6. The topological polar surface area (TPSA) is 61.9 Å². The van der Waals surface area contributed by atoms with E-state index in [9.17, 15) is 14.0 Å². The first-order valence-corrected chi connectivity index (χ1v) is 7.78. The Morgan fingerprint density at radius 2 is 2.14 bits per heavy atom. The Morgan fingerprint density at radius 3 is 2.73 bits per heavy atom. The average molecular weight is 437 g/mol. The second-order valence-electron chi connectivity index (χ2n) is 4.40. The van der Waals surface area contributed by atoms with Crippen molar-refractivity contribution in [2.45, 2.75) is 4.95 Å². The van der Waals surface area contributed by atoms with Gasteiger partial charge < -0.3 is 9.64 Å². The van der Waals surface area contributed by atoms with E-state index < -0.39 is 16.7 Å². The number of nitrogens with one attached hydrogen (secondary N) is 1. The molecule has 0 fully saturated rings. The molecule has 1 amide bonds. The molecule has 118 valence electrons. The van der Waals surface area contributed by atoms with E-state index in [1.165, 1.54) is 42.4 Å². The summed E-state index contributed by atoms with van der Waals surface area (Å²) in [5, 5.41) is 1.21. The molecular formula is C13H12Br2FN3O3. The van der Waals surface area contributed by atoms with Gasteiger partial charge in [0.25, 0.3) is 5.91 Å². The minimum Gasteiger partial charge on any atom is -0.464 e. The SMILES string of the molecule is COC(=O)C1=CN(C)C(=O)C(Br)N1Nc1ccc(Br)cc1F. The first kappa shape index (κ1) is 16.8. The first-order chi connectivity index (χ1) is 10.3. The van der Waals surface area contributed by atoms with Gasteiger partial charge in [-0.25, -0.2) is 9.18 Å². The molecule has 22 heavy (non-hydrogen) atoms. The number of methoxy groups -OCH3 is 1. The molecule has 9 heteroatoms. The number of nitrogens with zero attached hydrogens (tertiary/aromatic N) is 2. The number of carbonyl (C=O) groups excluding carboxylic acids is 2. The van der Waals surface area contributed by atoms with E-state index in [2.05, 4.69) is 42.0 Å². The number of alkyl halides is 1. The molecule has 1 aromatic carbocycles. The average Bonchev–Trinajstić information content (AvgIpc) is 2.49. The van der Waals surface area contributed by atoms with Gasteiger partial charge in [0.2, 0.25) is 0 Å². The molecule has 0 radical (unpaired) electrons. The number of amides is 1. The molecule has 1 N–H and O–H groups in total. The standard InChI is InChI=1S/C13H12Br2FN3O3/c1-18-6-10(13(21)22-2)19(11(15)12(18)20)17-9-4-3-7(14)5-8(9)16/h3-6,11,17H,1-2H3. The van der Waals surface area contributed by atoms with Crippen LogP contribution in [0, 0.1) is 5.82 Å². The van der Waals surface area contributed by atoms with E-state index in [0.29, 0.717) is 4.47 Å². The summed E-state index contributed by atoms with van der Waals surface area (Å²) in [6, 6.07) is 4.38. The van der Waals surface area contributed by atoms with Crippen LogP contribution in [0.1, 0.15) is 0 Å². The van der Waals surface area contributed by atoms with Crippen LogP contribution in [-0.2, 0) is 14.3 Å². The molecule has 0 aliphatic carbocycles. The van der Waals surface area contributed by atoms with Gasteiger partial charge in [-0.15, -0.1) is 0 Å². The van der Waals surface area contributed by atoms with Crippen LogP contribution in [0.2, 0.25) is 0 Å². The minimum absolute atomic E-state index is 0.0637. The lowest BCUT2D eigenvalue weighted by Crippen LogP contribution is -2.51. The lowest BCUT2D eigenvalue weighted by molar-refractivity contribution is -0.139. The highest BCUT2D eigenvalue weighted by molar-refractivity contribution is 9.10. The highest BCUT2D eigenvalue weighted by Crippen LogP contribution is 2.27. The smallest absolute Gasteiger partial charge is 0.357 e. The third-order valence-corrected chi connectivity index (χ3v) is 4.21. The fraction of sp³-hybridized carbons (Fsp3) is 0.231. The summed E-state index contributed by atoms with van der Waals surface area (Å²) < 4.78 is 19.2. The number of benzene rings is 1. The minimum atomic E-state index is -0.889. The second kappa shape index (κ2) is 6.66. The normalized spacial score (nSPS) is 18.1. The van der Waals surface area contributed by atoms with Crippen LogP contribution in [0.3, 0.4) is 0 Å². The van der Waals surface area contributed by atoms with Crippen molar-refractivity contribution in [3.8, 4) is 0 Å². The molecule has 1 unspecified atom stereocenters. The molecule has 1 heterocycles. The van der Waals surface area contributed by atoms with Crippen molar-refractivity contribution in [2.24, 2.45) is 0 Å². The van der Waals surface area contributed by atoms with Gasteiger partial charge >= 0.3 is 5.97 Å². The highest BCUT2D eigenvalue weighted by atomic mass is 79.9. The molecular weight excluding hydrogens is 425 g/mol. The Labute approximate surface area is 143 Å². The predicted molar refractivity (Wildman–Crippen MR) is 85.1 cm³/mol. The number of likely N-dealkylation sites (N-methyl/N-ethyl adjacent to an activating group) is 1. The number of carbonyl (C=O) groups is 2. The zero-order valence-corrected chi connectivity index (χ0v) is 14.8. The van der Waals surface area contributed by atoms with Gasteiger partial charge in [0.05, 0.1) is 12.8 Å². The van der Waals surface area contributed by atoms with E-state index in [-0.39, 0.29) is 17.3 Å². The molecule has 6 nitrogen and oxygen atoms in total. The summed E-state index contributed by atoms with van der Waals surface area (Å²) in [6.45, 7) is 0. The van der Waals surface area contributed by atoms with Crippen LogP contribution in [0.25, 0.3) is 0 Å². The molecule has 0 aromatic heterocycles. The number of rotatable bonds is 3. The molecule has 0 saturated carbocycles. The van der Waals surface area contributed by atoms with Gasteiger partial charge in [-0.3, -0.25) is 15.2 Å². The molecule has 1 aliphatic heterocycles. The van der Waals surface area contributed by atoms with E-state index in [0.717, 1.165) is 0 Å². The molecule has 0 spiro atoms. The van der Waals surface area contributed by atoms with Gasteiger partial charge in [0.15, 0.2) is 10.6 Å². The lowest BCUT2D eigenvalue weighted by atomic mass is 10.3. The number of anilines is 1. The number of esters is 1. The summed E-state index contributed by atoms with van der Waals surface area (Å²) >= 11 is 6.35. The lowest BCUT2D eigenvalue weighted by Gasteiger charge is -2.36. The number of hydrogen-bond acceptors (Lipinski definition) is 5. The third kappa shape index (κ3) is 3.25. The summed E-state index contributed by atoms with van der Waals surface area (Å²) in [7, 11) is 2.73. The highest BCUT2D eigenvalue weighted by Gasteiger charge is 2.36. The number of ether oxygens (including phenoxy) is 1. The van der Waals surface area contributed by atoms with Gasteiger partial charge in [-0.2, -0.15) is 0 Å². The van der Waals surface area contributed by atoms with Crippen molar-refractivity contribution in [1.29, 1.82) is 0 Å². The number of hydrogen-bond donors (Lipinski definition) is 1. The summed E-state index contributed by atoms with van der Waals surface area (Å²) in [4.78, 5) is 24.3. The van der Waals surface area contributed by atoms with Crippen molar-refractivity contribution in [1.82, 2.24) is 9.91 Å². The summed E-state index contributed by atoms with van der Waals surface area (Å²) in [6.07, 6.45) is 1.32. The van der Waals surface area contributed by atoms with E-state index in [4.69, 9.17) is 0 Å². The van der Waals surface area contributed by atoms with Crippen LogP contribution in [-0.4, -0.2) is 40.9 Å². The van der Waals surface area contributed by atoms with Crippen molar-refractivity contribution >= 4 is 49.4 Å². The Bertz CT molecular complexity index is 653. The van der Waals surface area contributed by atoms with Gasteiger partial charge in [0, 0.05) is 17.7 Å². The molecule has 2 rings (SSSR count). The summed E-state index contributed by atoms with van der Waals surface area (Å²) in [5.74, 6) is -1.52. The molecule has 1 aliphatic rings. The molecule has 0 bridgehead atoms. The van der Waals surface area contributed by atoms with Gasteiger partial charge in [-0.1, -0.05) is 31.9 Å². The van der Waals surface area contributed by atoms with Gasteiger partial charge in [0.1, 0.15) is 5.82 Å². The quantitative estimate of drug-likeness (QED) is 0.448. The maximum Gasteiger partial charge on any atom is 0.357 e. The van der Waals surface area contributed by atoms with Crippen LogP contribution in [0.15, 0.2) is 34.6 Å². The second-order valence-corrected chi connectivity index (χ2v) is 6.18. The van der Waals surface area contributed by atoms with E-state index >= 15 is 0 Å². The van der Waals surface area contributed by atoms with Gasteiger partial charge in [-0.05, 0) is 18.2 Å². The first-order valence-electron chi connectivity index (χ1n) is 6.07. The number of hydrazine groups is 1. The van der Waals surface area contributed by atoms with Crippen molar-refractivity contribution in [3.05, 3.63) is 40.4 Å². The monoisotopic (exact) mass is 435 g/mol. The Morgan fingerprint density at radius 1 is 1.45 bits per heavy atom. The molecule has 1 aromatic rings.